The number of nitrogens with zero attached hydrogens (tertiary/aromatic N) is 4. The van der Waals surface area contributed by atoms with Gasteiger partial charge in [0.2, 0.25) is 0 Å². The second-order valence-electron chi connectivity index (χ2n) is 3.56. The Hall–Kier alpha value is -1.21. The van der Waals surface area contributed by atoms with Crippen LogP contribution in [0.4, 0.5) is 5.82 Å². The summed E-state index contributed by atoms with van der Waals surface area (Å²) < 4.78 is 1.78. The molecule has 0 aromatic carbocycles. The van der Waals surface area contributed by atoms with Gasteiger partial charge < -0.3 is 5.32 Å². The maximum atomic E-state index is 4.48. The maximum absolute atomic E-state index is 4.48. The summed E-state index contributed by atoms with van der Waals surface area (Å²) in [7, 11) is 1.90. The largest absolute Gasteiger partial charge is 0.370 e. The lowest BCUT2D eigenvalue weighted by Gasteiger charge is -2.06. The maximum Gasteiger partial charge on any atom is 0.190 e. The smallest absolute Gasteiger partial charge is 0.190 e. The summed E-state index contributed by atoms with van der Waals surface area (Å²) in [5, 5.41) is 9.07. The first kappa shape index (κ1) is 13.2. The van der Waals surface area contributed by atoms with E-state index in [-0.39, 0.29) is 0 Å². The van der Waals surface area contributed by atoms with Gasteiger partial charge in [-0.2, -0.15) is 5.10 Å². The molecule has 0 bridgehead atoms. The highest BCUT2D eigenvalue weighted by Crippen LogP contribution is 2.28. The molecule has 2 heterocycles. The monoisotopic (exact) mass is 281 g/mol. The van der Waals surface area contributed by atoms with Crippen LogP contribution in [0.3, 0.4) is 0 Å². The van der Waals surface area contributed by atoms with Crippen molar-refractivity contribution in [2.75, 3.05) is 18.1 Å². The fourth-order valence-electron chi connectivity index (χ4n) is 1.39. The van der Waals surface area contributed by atoms with Gasteiger partial charge >= 0.3 is 0 Å². The van der Waals surface area contributed by atoms with Crippen molar-refractivity contribution in [2.45, 2.75) is 22.0 Å². The molecule has 2 aromatic heterocycles. The molecule has 7 heteroatoms. The van der Waals surface area contributed by atoms with E-state index in [0.29, 0.717) is 0 Å². The summed E-state index contributed by atoms with van der Waals surface area (Å²) in [5.74, 6) is 0.864. The average molecular weight is 281 g/mol. The number of aromatic nitrogens is 4. The molecule has 0 saturated heterocycles. The van der Waals surface area contributed by atoms with Gasteiger partial charge in [0, 0.05) is 25.9 Å². The summed E-state index contributed by atoms with van der Waals surface area (Å²) in [6.07, 6.45) is 5.78. The lowest BCUT2D eigenvalue weighted by atomic mass is 10.5. The summed E-state index contributed by atoms with van der Waals surface area (Å²) in [4.78, 5) is 9.95. The van der Waals surface area contributed by atoms with Crippen LogP contribution in [0.1, 0.15) is 6.92 Å². The number of nitrogens with one attached hydrogen (secondary N) is 1. The molecule has 0 aliphatic carbocycles. The molecule has 0 fully saturated rings. The van der Waals surface area contributed by atoms with Crippen molar-refractivity contribution in [1.82, 2.24) is 19.7 Å². The summed E-state index contributed by atoms with van der Waals surface area (Å²) in [6.45, 7) is 2.90. The van der Waals surface area contributed by atoms with Crippen molar-refractivity contribution in [3.63, 3.8) is 0 Å². The Morgan fingerprint density at radius 3 is 2.83 bits per heavy atom. The average Bonchev–Trinajstić information content (AvgIpc) is 2.75. The normalized spacial score (nSPS) is 10.6. The zero-order chi connectivity index (χ0) is 13.0. The minimum Gasteiger partial charge on any atom is -0.370 e. The summed E-state index contributed by atoms with van der Waals surface area (Å²) >= 11 is 3.13. The fourth-order valence-corrected chi connectivity index (χ4v) is 2.68. The third-order valence-electron chi connectivity index (χ3n) is 2.13. The predicted octanol–water partition coefficient (Wildman–Crippen LogP) is 2.52. The molecule has 0 aliphatic heterocycles. The number of anilines is 1. The van der Waals surface area contributed by atoms with Crippen LogP contribution in [0, 0.1) is 0 Å². The minimum absolute atomic E-state index is 0.778. The standard InChI is InChI=1S/C11H15N5S2/c1-4-12-9-5-10(15-11(14-9)17-3)18-8-6-13-16(2)7-8/h5-7H,4H2,1-3H3,(H,12,14,15). The van der Waals surface area contributed by atoms with Crippen LogP contribution in [-0.2, 0) is 7.05 Å². The highest BCUT2D eigenvalue weighted by molar-refractivity contribution is 7.99. The molecule has 96 valence electrons. The SMILES string of the molecule is CCNc1cc(Sc2cnn(C)c2)nc(SC)n1. The van der Waals surface area contributed by atoms with Gasteiger partial charge in [0.1, 0.15) is 10.8 Å². The Kier molecular flexibility index (Phi) is 4.48. The van der Waals surface area contributed by atoms with E-state index in [2.05, 4.69) is 27.3 Å². The Bertz CT molecular complexity index is 526. The van der Waals surface area contributed by atoms with Crippen LogP contribution in [0.25, 0.3) is 0 Å². The van der Waals surface area contributed by atoms with Gasteiger partial charge in [-0.3, -0.25) is 4.68 Å². The molecule has 0 radical (unpaired) electrons. The lowest BCUT2D eigenvalue weighted by Crippen LogP contribution is -2.01. The molecular formula is C11H15N5S2. The van der Waals surface area contributed by atoms with Crippen LogP contribution < -0.4 is 5.32 Å². The first-order chi connectivity index (χ1) is 8.71. The molecule has 18 heavy (non-hydrogen) atoms. The van der Waals surface area contributed by atoms with Crippen LogP contribution in [-0.4, -0.2) is 32.5 Å². The lowest BCUT2D eigenvalue weighted by molar-refractivity contribution is 0.766. The Morgan fingerprint density at radius 1 is 1.39 bits per heavy atom. The van der Waals surface area contributed by atoms with Gasteiger partial charge in [-0.1, -0.05) is 23.5 Å². The molecule has 2 aromatic rings. The van der Waals surface area contributed by atoms with E-state index >= 15 is 0 Å². The van der Waals surface area contributed by atoms with E-state index in [1.807, 2.05) is 31.8 Å². The van der Waals surface area contributed by atoms with E-state index in [4.69, 9.17) is 0 Å². The van der Waals surface area contributed by atoms with Crippen LogP contribution in [0.2, 0.25) is 0 Å². The first-order valence-electron chi connectivity index (χ1n) is 5.54. The van der Waals surface area contributed by atoms with Crippen molar-refractivity contribution in [3.05, 3.63) is 18.5 Å². The van der Waals surface area contributed by atoms with E-state index < -0.39 is 0 Å². The second-order valence-corrected chi connectivity index (χ2v) is 5.43. The van der Waals surface area contributed by atoms with Crippen LogP contribution in [0.15, 0.2) is 33.5 Å². The Morgan fingerprint density at radius 2 is 2.22 bits per heavy atom. The molecule has 0 saturated carbocycles. The summed E-state index contributed by atoms with van der Waals surface area (Å²) in [5.41, 5.74) is 0. The Balaban J connectivity index is 2.23. The molecular weight excluding hydrogens is 266 g/mol. The van der Waals surface area contributed by atoms with Crippen molar-refractivity contribution >= 4 is 29.3 Å². The van der Waals surface area contributed by atoms with Crippen molar-refractivity contribution in [2.24, 2.45) is 7.05 Å². The van der Waals surface area contributed by atoms with Gasteiger partial charge in [-0.15, -0.1) is 0 Å². The minimum atomic E-state index is 0.778. The van der Waals surface area contributed by atoms with E-state index in [9.17, 15) is 0 Å². The van der Waals surface area contributed by atoms with Gasteiger partial charge in [-0.05, 0) is 13.2 Å². The number of rotatable bonds is 5. The van der Waals surface area contributed by atoms with Gasteiger partial charge in [-0.25, -0.2) is 9.97 Å². The zero-order valence-electron chi connectivity index (χ0n) is 10.5. The third kappa shape index (κ3) is 3.39. The molecule has 0 spiro atoms. The molecule has 1 N–H and O–H groups in total. The molecule has 5 nitrogen and oxygen atoms in total. The molecule has 0 amide bonds. The van der Waals surface area contributed by atoms with E-state index in [1.165, 1.54) is 0 Å². The highest BCUT2D eigenvalue weighted by Gasteiger charge is 2.06. The van der Waals surface area contributed by atoms with E-state index in [0.717, 1.165) is 27.4 Å². The molecule has 2 rings (SSSR count). The van der Waals surface area contributed by atoms with Crippen molar-refractivity contribution < 1.29 is 0 Å². The fraction of sp³-hybridized carbons (Fsp3) is 0.364. The van der Waals surface area contributed by atoms with E-state index in [1.54, 1.807) is 28.2 Å². The number of aryl methyl sites for hydroxylation is 1. The van der Waals surface area contributed by atoms with Crippen LogP contribution in [0.5, 0.6) is 0 Å². The van der Waals surface area contributed by atoms with Crippen molar-refractivity contribution in [1.29, 1.82) is 0 Å². The first-order valence-corrected chi connectivity index (χ1v) is 7.59. The van der Waals surface area contributed by atoms with Gasteiger partial charge in [0.25, 0.3) is 0 Å². The van der Waals surface area contributed by atoms with Gasteiger partial charge in [0.15, 0.2) is 5.16 Å². The topological polar surface area (TPSA) is 55.6 Å². The quantitative estimate of drug-likeness (QED) is 0.516. The van der Waals surface area contributed by atoms with Crippen LogP contribution >= 0.6 is 23.5 Å². The molecule has 0 atom stereocenters. The summed E-state index contributed by atoms with van der Waals surface area (Å²) in [6, 6.07) is 1.96. The Labute approximate surface area is 115 Å². The second kappa shape index (κ2) is 6.10. The number of hydrogen-bond donors (Lipinski definition) is 1. The number of hydrogen-bond acceptors (Lipinski definition) is 6. The predicted molar refractivity (Wildman–Crippen MR) is 75.3 cm³/mol. The number of thioether (sulfide) groups is 1. The van der Waals surface area contributed by atoms with Crippen molar-refractivity contribution in [3.8, 4) is 0 Å². The highest BCUT2D eigenvalue weighted by atomic mass is 32.2. The zero-order valence-corrected chi connectivity index (χ0v) is 12.2. The molecule has 0 aliphatic rings. The molecule has 0 unspecified atom stereocenters. The third-order valence-corrected chi connectivity index (χ3v) is 3.54. The van der Waals surface area contributed by atoms with Gasteiger partial charge in [0.05, 0.1) is 11.1 Å².